The Kier molecular flexibility index (Phi) is 6.65. The first-order chi connectivity index (χ1) is 18.9. The van der Waals surface area contributed by atoms with Gasteiger partial charge in [0.1, 0.15) is 18.2 Å². The lowest BCUT2D eigenvalue weighted by molar-refractivity contribution is 0.111. The van der Waals surface area contributed by atoms with E-state index < -0.39 is 6.09 Å². The Morgan fingerprint density at radius 3 is 2.74 bits per heavy atom. The van der Waals surface area contributed by atoms with Crippen LogP contribution in [0.3, 0.4) is 0 Å². The number of hydrogen-bond acceptors (Lipinski definition) is 7. The molecule has 202 valence electrons. The van der Waals surface area contributed by atoms with Crippen molar-refractivity contribution in [1.82, 2.24) is 14.8 Å². The minimum absolute atomic E-state index is 0.0488. The number of pyridine rings is 1. The van der Waals surface area contributed by atoms with Crippen LogP contribution in [-0.2, 0) is 13.0 Å². The molecule has 2 saturated heterocycles. The van der Waals surface area contributed by atoms with Gasteiger partial charge in [0.25, 0.3) is 0 Å². The van der Waals surface area contributed by atoms with Crippen molar-refractivity contribution in [3.05, 3.63) is 58.8 Å². The average molecular weight is 527 g/mol. The lowest BCUT2D eigenvalue weighted by Crippen LogP contribution is -2.56. The molecule has 0 radical (unpaired) electrons. The summed E-state index contributed by atoms with van der Waals surface area (Å²) in [6, 6.07) is 15.4. The first kappa shape index (κ1) is 25.3. The summed E-state index contributed by atoms with van der Waals surface area (Å²) in [5.41, 5.74) is 5.51. The summed E-state index contributed by atoms with van der Waals surface area (Å²) in [6.07, 6.45) is 2.01. The summed E-state index contributed by atoms with van der Waals surface area (Å²) in [5.74, 6) is 0.365. The summed E-state index contributed by atoms with van der Waals surface area (Å²) in [7, 11) is 2.11. The molecule has 6 rings (SSSR count). The number of carbonyl (C=O) groups is 1. The Morgan fingerprint density at radius 2 is 2.03 bits per heavy atom. The van der Waals surface area contributed by atoms with Gasteiger partial charge >= 0.3 is 6.09 Å². The van der Waals surface area contributed by atoms with Crippen LogP contribution in [0.5, 0.6) is 5.88 Å². The molecule has 2 N–H and O–H groups in total. The van der Waals surface area contributed by atoms with Gasteiger partial charge in [-0.15, -0.1) is 0 Å². The van der Waals surface area contributed by atoms with E-state index in [1.165, 1.54) is 26.9 Å². The van der Waals surface area contributed by atoms with Gasteiger partial charge in [0.2, 0.25) is 5.88 Å². The van der Waals surface area contributed by atoms with Crippen LogP contribution in [0.25, 0.3) is 10.8 Å². The summed E-state index contributed by atoms with van der Waals surface area (Å²) in [5, 5.41) is 25.5. The Bertz CT molecular complexity index is 1460. The molecule has 0 aliphatic carbocycles. The quantitative estimate of drug-likeness (QED) is 0.492. The standard InChI is InChI=1S/C30H34N6O3/c1-19-6-3-7-20-8-4-10-26(27(19)20)35-13-11-23-25(17-35)33-29(39-18-22-9-5-12-34(22)2)24(14-31)28(23)32-21-15-36(16-21)30(37)38/h3-4,6-8,10,21-22H,5,9,11-13,15-18H2,1-2H3,(H,32,33)(H,37,38)/t22-/m0/s1. The number of rotatable bonds is 6. The van der Waals surface area contributed by atoms with Crippen LogP contribution in [0.15, 0.2) is 36.4 Å². The summed E-state index contributed by atoms with van der Waals surface area (Å²) < 4.78 is 6.27. The number of likely N-dealkylation sites (N-methyl/N-ethyl adjacent to an activating group) is 1. The largest absolute Gasteiger partial charge is 0.475 e. The van der Waals surface area contributed by atoms with Gasteiger partial charge in [-0.3, -0.25) is 0 Å². The van der Waals surface area contributed by atoms with Gasteiger partial charge < -0.3 is 29.9 Å². The van der Waals surface area contributed by atoms with Gasteiger partial charge in [0, 0.05) is 42.3 Å². The van der Waals surface area contributed by atoms with Gasteiger partial charge in [-0.1, -0.05) is 30.3 Å². The van der Waals surface area contributed by atoms with Crippen LogP contribution >= 0.6 is 0 Å². The normalized spacial score (nSPS) is 19.5. The summed E-state index contributed by atoms with van der Waals surface area (Å²) in [4.78, 5) is 22.3. The van der Waals surface area contributed by atoms with Crippen molar-refractivity contribution in [3.63, 3.8) is 0 Å². The number of fused-ring (bicyclic) bond motifs is 2. The van der Waals surface area contributed by atoms with Gasteiger partial charge in [0.05, 0.1) is 24.0 Å². The zero-order chi connectivity index (χ0) is 27.1. The molecular weight excluding hydrogens is 492 g/mol. The fraction of sp³-hybridized carbons (Fsp3) is 0.433. The van der Waals surface area contributed by atoms with E-state index in [4.69, 9.17) is 9.72 Å². The van der Waals surface area contributed by atoms with Crippen molar-refractivity contribution < 1.29 is 14.6 Å². The van der Waals surface area contributed by atoms with Gasteiger partial charge in [0.15, 0.2) is 0 Å². The maximum absolute atomic E-state index is 11.3. The van der Waals surface area contributed by atoms with E-state index in [-0.39, 0.29) is 6.04 Å². The predicted octanol–water partition coefficient (Wildman–Crippen LogP) is 4.22. The van der Waals surface area contributed by atoms with Gasteiger partial charge in [-0.05, 0) is 56.8 Å². The van der Waals surface area contributed by atoms with Crippen LogP contribution in [0, 0.1) is 18.3 Å². The zero-order valence-electron chi connectivity index (χ0n) is 22.5. The van der Waals surface area contributed by atoms with Crippen LogP contribution in [0.4, 0.5) is 16.2 Å². The molecule has 0 unspecified atom stereocenters. The number of nitriles is 1. The van der Waals surface area contributed by atoms with Crippen molar-refractivity contribution in [2.45, 2.75) is 44.8 Å². The number of nitrogens with one attached hydrogen (secondary N) is 1. The fourth-order valence-electron chi connectivity index (χ4n) is 6.19. The van der Waals surface area contributed by atoms with Gasteiger partial charge in [-0.2, -0.15) is 5.26 Å². The minimum atomic E-state index is -0.920. The number of aromatic nitrogens is 1. The molecule has 0 bridgehead atoms. The molecule has 3 aliphatic rings. The summed E-state index contributed by atoms with van der Waals surface area (Å²) in [6.45, 7) is 5.86. The molecule has 2 fully saturated rings. The van der Waals surface area contributed by atoms with Gasteiger partial charge in [-0.25, -0.2) is 9.78 Å². The van der Waals surface area contributed by atoms with E-state index >= 15 is 0 Å². The van der Waals surface area contributed by atoms with Crippen LogP contribution in [0.1, 0.15) is 35.2 Å². The zero-order valence-corrected chi connectivity index (χ0v) is 22.5. The molecule has 1 atom stereocenters. The fourth-order valence-corrected chi connectivity index (χ4v) is 6.19. The van der Waals surface area contributed by atoms with Crippen molar-refractivity contribution in [2.24, 2.45) is 0 Å². The number of aryl methyl sites for hydroxylation is 1. The number of likely N-dealkylation sites (tertiary alicyclic amines) is 2. The Morgan fingerprint density at radius 1 is 1.23 bits per heavy atom. The number of anilines is 2. The third-order valence-electron chi connectivity index (χ3n) is 8.45. The van der Waals surface area contributed by atoms with E-state index in [0.717, 1.165) is 49.3 Å². The van der Waals surface area contributed by atoms with E-state index in [1.54, 1.807) is 0 Å². The molecule has 4 heterocycles. The number of hydrogen-bond donors (Lipinski definition) is 2. The predicted molar refractivity (Wildman–Crippen MR) is 151 cm³/mol. The number of carboxylic acid groups (broad SMARTS) is 1. The molecule has 3 aliphatic heterocycles. The Balaban J connectivity index is 1.35. The third kappa shape index (κ3) is 4.70. The smallest absolute Gasteiger partial charge is 0.407 e. The second-order valence-corrected chi connectivity index (χ2v) is 10.9. The monoisotopic (exact) mass is 526 g/mol. The number of nitrogens with zero attached hydrogens (tertiary/aromatic N) is 5. The molecule has 9 nitrogen and oxygen atoms in total. The van der Waals surface area contributed by atoms with E-state index in [0.29, 0.717) is 43.7 Å². The molecule has 2 aromatic carbocycles. The number of ether oxygens (including phenoxy) is 1. The number of benzene rings is 2. The highest BCUT2D eigenvalue weighted by atomic mass is 16.5. The minimum Gasteiger partial charge on any atom is -0.475 e. The first-order valence-corrected chi connectivity index (χ1v) is 13.7. The molecule has 0 saturated carbocycles. The Hall–Kier alpha value is -4.03. The summed E-state index contributed by atoms with van der Waals surface area (Å²) >= 11 is 0. The molecule has 0 spiro atoms. The van der Waals surface area contributed by atoms with Crippen molar-refractivity contribution in [1.29, 1.82) is 5.26 Å². The highest BCUT2D eigenvalue weighted by Gasteiger charge is 2.34. The highest BCUT2D eigenvalue weighted by molar-refractivity contribution is 5.97. The molecular formula is C30H34N6O3. The molecule has 1 aromatic heterocycles. The second-order valence-electron chi connectivity index (χ2n) is 10.9. The second kappa shape index (κ2) is 10.3. The van der Waals surface area contributed by atoms with Crippen LogP contribution in [0.2, 0.25) is 0 Å². The highest BCUT2D eigenvalue weighted by Crippen LogP contribution is 2.38. The Labute approximate surface area is 228 Å². The molecule has 39 heavy (non-hydrogen) atoms. The number of amides is 1. The molecule has 9 heteroatoms. The lowest BCUT2D eigenvalue weighted by atomic mass is 9.96. The topological polar surface area (TPSA) is 105 Å². The van der Waals surface area contributed by atoms with Crippen molar-refractivity contribution in [3.8, 4) is 11.9 Å². The third-order valence-corrected chi connectivity index (χ3v) is 8.45. The lowest BCUT2D eigenvalue weighted by Gasteiger charge is -2.39. The van der Waals surface area contributed by atoms with Crippen molar-refractivity contribution in [2.75, 3.05) is 50.1 Å². The maximum Gasteiger partial charge on any atom is 0.407 e. The van der Waals surface area contributed by atoms with Crippen LogP contribution in [-0.4, -0.2) is 77.9 Å². The average Bonchev–Trinajstić information content (AvgIpc) is 3.32. The molecule has 3 aromatic rings. The van der Waals surface area contributed by atoms with Crippen molar-refractivity contribution >= 4 is 28.2 Å². The SMILES string of the molecule is Cc1cccc2cccc(N3CCc4c(nc(OC[C@@H]5CCCN5C)c(C#N)c4NC4CN(C(=O)O)C4)C3)c12. The van der Waals surface area contributed by atoms with E-state index in [1.807, 2.05) is 0 Å². The van der Waals surface area contributed by atoms with Crippen LogP contribution < -0.4 is 15.0 Å². The first-order valence-electron chi connectivity index (χ1n) is 13.7. The van der Waals surface area contributed by atoms with E-state index in [9.17, 15) is 15.2 Å². The maximum atomic E-state index is 11.3. The van der Waals surface area contributed by atoms with E-state index in [2.05, 4.69) is 71.6 Å². The molecule has 1 amide bonds.